The molecule has 1 heterocycles. The van der Waals surface area contributed by atoms with Crippen molar-refractivity contribution in [3.8, 4) is 0 Å². The van der Waals surface area contributed by atoms with Crippen molar-refractivity contribution < 1.29 is 4.79 Å². The number of carbonyl (C=O) groups is 1. The van der Waals surface area contributed by atoms with E-state index >= 15 is 0 Å². The van der Waals surface area contributed by atoms with E-state index in [4.69, 9.17) is 23.2 Å². The summed E-state index contributed by atoms with van der Waals surface area (Å²) in [6.45, 7) is 2.72. The first-order valence-electron chi connectivity index (χ1n) is 6.73. The monoisotopic (exact) mass is 345 g/mol. The van der Waals surface area contributed by atoms with Crippen LogP contribution in [0.3, 0.4) is 0 Å². The van der Waals surface area contributed by atoms with Crippen molar-refractivity contribution in [3.63, 3.8) is 0 Å². The number of rotatable bonds is 4. The Morgan fingerprint density at radius 1 is 1.48 bits per heavy atom. The molecule has 1 unspecified atom stereocenters. The second-order valence-electron chi connectivity index (χ2n) is 4.94. The summed E-state index contributed by atoms with van der Waals surface area (Å²) in [7, 11) is 0. The average molecular weight is 346 g/mol. The highest BCUT2D eigenvalue weighted by Gasteiger charge is 2.25. The van der Waals surface area contributed by atoms with Gasteiger partial charge in [-0.05, 0) is 30.4 Å². The predicted octanol–water partition coefficient (Wildman–Crippen LogP) is 3.59. The van der Waals surface area contributed by atoms with Gasteiger partial charge < -0.3 is 5.32 Å². The first-order chi connectivity index (χ1) is 10.0. The molecular formula is C14H17Cl2N3OS. The number of halogens is 2. The molecule has 21 heavy (non-hydrogen) atoms. The quantitative estimate of drug-likeness (QED) is 0.819. The van der Waals surface area contributed by atoms with E-state index in [1.54, 1.807) is 12.1 Å². The second-order valence-corrected chi connectivity index (χ2v) is 6.20. The normalized spacial score (nSPS) is 17.8. The third-order valence-corrected chi connectivity index (χ3v) is 4.23. The van der Waals surface area contributed by atoms with Gasteiger partial charge in [0.05, 0.1) is 22.3 Å². The van der Waals surface area contributed by atoms with Crippen LogP contribution in [0.25, 0.3) is 0 Å². The molecule has 1 aliphatic rings. The molecule has 1 amide bonds. The molecule has 1 aromatic rings. The van der Waals surface area contributed by atoms with Crippen LogP contribution in [0.2, 0.25) is 10.0 Å². The molecule has 0 saturated heterocycles. The van der Waals surface area contributed by atoms with Gasteiger partial charge in [0.15, 0.2) is 0 Å². The second kappa shape index (κ2) is 7.38. The van der Waals surface area contributed by atoms with Gasteiger partial charge in [-0.3, -0.25) is 9.80 Å². The molecule has 2 rings (SSSR count). The van der Waals surface area contributed by atoms with Gasteiger partial charge in [-0.2, -0.15) is 17.7 Å². The highest BCUT2D eigenvalue weighted by molar-refractivity contribution is 7.80. The molecule has 7 heteroatoms. The maximum absolute atomic E-state index is 11.8. The Balaban J connectivity index is 2.06. The van der Waals surface area contributed by atoms with Gasteiger partial charge in [-0.15, -0.1) is 0 Å². The predicted molar refractivity (Wildman–Crippen MR) is 91.6 cm³/mol. The van der Waals surface area contributed by atoms with E-state index in [-0.39, 0.29) is 11.8 Å². The van der Waals surface area contributed by atoms with E-state index in [1.165, 1.54) is 0 Å². The van der Waals surface area contributed by atoms with E-state index in [2.05, 4.69) is 23.0 Å². The van der Waals surface area contributed by atoms with Crippen molar-refractivity contribution in [1.29, 1.82) is 0 Å². The van der Waals surface area contributed by atoms with Gasteiger partial charge in [0, 0.05) is 12.3 Å². The highest BCUT2D eigenvalue weighted by atomic mass is 35.5. The molecule has 0 radical (unpaired) electrons. The zero-order valence-corrected chi connectivity index (χ0v) is 14.0. The summed E-state index contributed by atoms with van der Waals surface area (Å²) < 4.78 is 0. The van der Waals surface area contributed by atoms with Crippen LogP contribution in [0.5, 0.6) is 0 Å². The summed E-state index contributed by atoms with van der Waals surface area (Å²) in [5.74, 6) is 1.51. The summed E-state index contributed by atoms with van der Waals surface area (Å²) in [6.07, 6.45) is 1.22. The largest absolute Gasteiger partial charge is 0.312 e. The number of benzene rings is 1. The maximum atomic E-state index is 11.8. The van der Waals surface area contributed by atoms with Crippen molar-refractivity contribution in [2.75, 3.05) is 17.3 Å². The fourth-order valence-electron chi connectivity index (χ4n) is 2.02. The number of hydrogen-bond donors (Lipinski definition) is 2. The molecule has 1 atom stereocenters. The number of amides is 1. The van der Waals surface area contributed by atoms with Crippen LogP contribution in [-0.2, 0) is 4.79 Å². The number of hydrogen-bond acceptors (Lipinski definition) is 4. The van der Waals surface area contributed by atoms with Crippen LogP contribution in [0, 0.1) is 5.92 Å². The molecule has 4 nitrogen and oxygen atoms in total. The Morgan fingerprint density at radius 2 is 2.24 bits per heavy atom. The summed E-state index contributed by atoms with van der Waals surface area (Å²) in [4.78, 5) is 11.8. The number of thiol groups is 1. The third-order valence-electron chi connectivity index (χ3n) is 3.17. The number of anilines is 1. The molecule has 0 aliphatic carbocycles. The minimum atomic E-state index is -0.0226. The van der Waals surface area contributed by atoms with Gasteiger partial charge in [-0.1, -0.05) is 30.1 Å². The van der Waals surface area contributed by atoms with E-state index in [0.29, 0.717) is 34.6 Å². The zero-order valence-electron chi connectivity index (χ0n) is 11.6. The molecule has 1 N–H and O–H groups in total. The van der Waals surface area contributed by atoms with Gasteiger partial charge >= 0.3 is 0 Å². The number of amidine groups is 1. The lowest BCUT2D eigenvalue weighted by Crippen LogP contribution is -2.33. The minimum Gasteiger partial charge on any atom is -0.312 e. The fourth-order valence-corrected chi connectivity index (χ4v) is 2.47. The number of nitrogens with one attached hydrogen (secondary N) is 1. The SMILES string of the molecule is CC1CN(c2ccc(Cl)c(Cl)c2)N=C1NC(=O)CCCS. The molecular weight excluding hydrogens is 329 g/mol. The molecule has 0 saturated carbocycles. The van der Waals surface area contributed by atoms with Crippen LogP contribution in [-0.4, -0.2) is 24.0 Å². The summed E-state index contributed by atoms with van der Waals surface area (Å²) >= 11 is 16.0. The van der Waals surface area contributed by atoms with E-state index in [0.717, 1.165) is 12.1 Å². The number of carbonyl (C=O) groups excluding carboxylic acids is 1. The first-order valence-corrected chi connectivity index (χ1v) is 8.12. The van der Waals surface area contributed by atoms with E-state index in [1.807, 2.05) is 18.0 Å². The fraction of sp³-hybridized carbons (Fsp3) is 0.429. The summed E-state index contributed by atoms with van der Waals surface area (Å²) in [5, 5.41) is 10.1. The first kappa shape index (κ1) is 16.5. The molecule has 114 valence electrons. The molecule has 1 aliphatic heterocycles. The molecule has 0 fully saturated rings. The van der Waals surface area contributed by atoms with E-state index in [9.17, 15) is 4.79 Å². The van der Waals surface area contributed by atoms with Gasteiger partial charge in [0.2, 0.25) is 5.91 Å². The van der Waals surface area contributed by atoms with Crippen LogP contribution in [0.15, 0.2) is 23.3 Å². The molecule has 1 aromatic carbocycles. The van der Waals surface area contributed by atoms with Crippen molar-refractivity contribution in [1.82, 2.24) is 5.32 Å². The van der Waals surface area contributed by atoms with Crippen molar-refractivity contribution in [2.24, 2.45) is 11.0 Å². The Hall–Kier alpha value is -0.910. The average Bonchev–Trinajstić information content (AvgIpc) is 2.81. The van der Waals surface area contributed by atoms with Gasteiger partial charge in [-0.25, -0.2) is 0 Å². The van der Waals surface area contributed by atoms with Crippen molar-refractivity contribution >= 4 is 53.3 Å². The van der Waals surface area contributed by atoms with Crippen LogP contribution < -0.4 is 10.3 Å². The summed E-state index contributed by atoms with van der Waals surface area (Å²) in [5.41, 5.74) is 0.857. The molecule has 0 spiro atoms. The lowest BCUT2D eigenvalue weighted by atomic mass is 10.1. The zero-order chi connectivity index (χ0) is 15.4. The number of nitrogens with zero attached hydrogens (tertiary/aromatic N) is 2. The maximum Gasteiger partial charge on any atom is 0.225 e. The Kier molecular flexibility index (Phi) is 5.79. The van der Waals surface area contributed by atoms with Crippen LogP contribution in [0.4, 0.5) is 5.69 Å². The molecule has 0 aromatic heterocycles. The standard InChI is InChI=1S/C14H17Cl2N3OS/c1-9-8-19(10-4-5-11(15)12(16)7-10)18-14(9)17-13(20)3-2-6-21/h4-5,7,9,21H,2-3,6,8H2,1H3,(H,17,18,20). The molecule has 0 bridgehead atoms. The van der Waals surface area contributed by atoms with Crippen LogP contribution >= 0.6 is 35.8 Å². The Morgan fingerprint density at radius 3 is 2.90 bits per heavy atom. The lowest BCUT2D eigenvalue weighted by molar-refractivity contribution is -0.119. The van der Waals surface area contributed by atoms with Crippen molar-refractivity contribution in [3.05, 3.63) is 28.2 Å². The third kappa shape index (κ3) is 4.28. The lowest BCUT2D eigenvalue weighted by Gasteiger charge is -2.14. The minimum absolute atomic E-state index is 0.0226. The van der Waals surface area contributed by atoms with Crippen LogP contribution in [0.1, 0.15) is 19.8 Å². The summed E-state index contributed by atoms with van der Waals surface area (Å²) in [6, 6.07) is 5.37. The topological polar surface area (TPSA) is 44.7 Å². The number of hydrazone groups is 1. The Bertz CT molecular complexity index is 565. The Labute approximate surface area is 139 Å². The highest BCUT2D eigenvalue weighted by Crippen LogP contribution is 2.29. The van der Waals surface area contributed by atoms with Gasteiger partial charge in [0.1, 0.15) is 5.84 Å². The van der Waals surface area contributed by atoms with Gasteiger partial charge in [0.25, 0.3) is 0 Å². The van der Waals surface area contributed by atoms with Crippen molar-refractivity contribution in [2.45, 2.75) is 19.8 Å². The van der Waals surface area contributed by atoms with E-state index < -0.39 is 0 Å². The smallest absolute Gasteiger partial charge is 0.225 e.